The van der Waals surface area contributed by atoms with E-state index in [4.69, 9.17) is 31.0 Å². The molecular weight excluding hydrogens is 532 g/mol. The minimum Gasteiger partial charge on any atom is -0.493 e. The highest BCUT2D eigenvalue weighted by atomic mass is 35.5. The first-order valence-corrected chi connectivity index (χ1v) is 13.4. The molecule has 0 aliphatic rings. The summed E-state index contributed by atoms with van der Waals surface area (Å²) in [6, 6.07) is 16.9. The quantitative estimate of drug-likeness (QED) is 0.119. The number of nitrogens with zero attached hydrogens (tertiary/aromatic N) is 4. The van der Waals surface area contributed by atoms with Crippen molar-refractivity contribution in [2.24, 2.45) is 0 Å². The SMILES string of the molecule is CCCCNc1cccc(-c2nc(Nc3ccc4c(cnn4C(=O)O)c3)c3cc(OCCCl)c(OC)cc3n2)c1. The van der Waals surface area contributed by atoms with Crippen LogP contribution in [-0.2, 0) is 0 Å². The molecule has 3 aromatic carbocycles. The van der Waals surface area contributed by atoms with Crippen LogP contribution in [0.1, 0.15) is 19.8 Å². The second-order valence-corrected chi connectivity index (χ2v) is 9.43. The molecule has 0 unspecified atom stereocenters. The number of carbonyl (C=O) groups is 1. The van der Waals surface area contributed by atoms with Gasteiger partial charge in [0.1, 0.15) is 12.4 Å². The van der Waals surface area contributed by atoms with Crippen LogP contribution in [0.3, 0.4) is 0 Å². The number of hydrogen-bond donors (Lipinski definition) is 3. The summed E-state index contributed by atoms with van der Waals surface area (Å²) in [4.78, 5) is 21.2. The number of aromatic nitrogens is 4. The number of methoxy groups -OCH3 is 1. The smallest absolute Gasteiger partial charge is 0.432 e. The Bertz CT molecular complexity index is 1670. The van der Waals surface area contributed by atoms with Crippen molar-refractivity contribution < 1.29 is 19.4 Å². The zero-order valence-corrected chi connectivity index (χ0v) is 22.9. The van der Waals surface area contributed by atoms with E-state index >= 15 is 0 Å². The molecule has 3 N–H and O–H groups in total. The number of anilines is 3. The van der Waals surface area contributed by atoms with Crippen molar-refractivity contribution in [2.75, 3.05) is 36.8 Å². The van der Waals surface area contributed by atoms with Gasteiger partial charge in [0.15, 0.2) is 17.3 Å². The third-order valence-electron chi connectivity index (χ3n) is 6.31. The Morgan fingerprint density at radius 1 is 1.07 bits per heavy atom. The van der Waals surface area contributed by atoms with E-state index in [1.165, 1.54) is 6.20 Å². The summed E-state index contributed by atoms with van der Waals surface area (Å²) in [5, 5.41) is 21.6. The van der Waals surface area contributed by atoms with Crippen molar-refractivity contribution in [1.82, 2.24) is 19.7 Å². The Morgan fingerprint density at radius 2 is 1.95 bits per heavy atom. The number of carboxylic acid groups (broad SMARTS) is 1. The number of unbranched alkanes of at least 4 members (excludes halogenated alkanes) is 1. The predicted molar refractivity (Wildman–Crippen MR) is 158 cm³/mol. The van der Waals surface area contributed by atoms with Gasteiger partial charge in [-0.1, -0.05) is 25.5 Å². The van der Waals surface area contributed by atoms with Crippen molar-refractivity contribution in [3.63, 3.8) is 0 Å². The van der Waals surface area contributed by atoms with Crippen LogP contribution in [0, 0.1) is 0 Å². The molecule has 5 rings (SSSR count). The molecule has 0 saturated carbocycles. The third kappa shape index (κ3) is 5.72. The minimum absolute atomic E-state index is 0.313. The van der Waals surface area contributed by atoms with Gasteiger partial charge in [0, 0.05) is 40.3 Å². The molecule has 0 bridgehead atoms. The third-order valence-corrected chi connectivity index (χ3v) is 6.46. The van der Waals surface area contributed by atoms with Crippen molar-refractivity contribution in [2.45, 2.75) is 19.8 Å². The molecular formula is C29H29ClN6O4. The van der Waals surface area contributed by atoms with Gasteiger partial charge in [0.2, 0.25) is 0 Å². The van der Waals surface area contributed by atoms with Crippen LogP contribution in [0.4, 0.5) is 22.0 Å². The lowest BCUT2D eigenvalue weighted by Gasteiger charge is -2.15. The molecule has 0 aliphatic carbocycles. The lowest BCUT2D eigenvalue weighted by atomic mass is 10.1. The van der Waals surface area contributed by atoms with Crippen LogP contribution >= 0.6 is 11.6 Å². The number of halogens is 1. The summed E-state index contributed by atoms with van der Waals surface area (Å²) < 4.78 is 12.4. The molecule has 0 radical (unpaired) electrons. The topological polar surface area (TPSA) is 123 Å². The monoisotopic (exact) mass is 560 g/mol. The summed E-state index contributed by atoms with van der Waals surface area (Å²) in [7, 11) is 1.58. The second-order valence-electron chi connectivity index (χ2n) is 9.05. The number of benzene rings is 3. The van der Waals surface area contributed by atoms with Gasteiger partial charge < -0.3 is 25.2 Å². The largest absolute Gasteiger partial charge is 0.493 e. The van der Waals surface area contributed by atoms with Crippen molar-refractivity contribution in [3.05, 3.63) is 60.8 Å². The zero-order chi connectivity index (χ0) is 28.1. The highest BCUT2D eigenvalue weighted by molar-refractivity contribution is 6.18. The van der Waals surface area contributed by atoms with Gasteiger partial charge in [-0.2, -0.15) is 9.78 Å². The van der Waals surface area contributed by atoms with E-state index in [2.05, 4.69) is 22.7 Å². The first kappa shape index (κ1) is 27.0. The maximum Gasteiger partial charge on any atom is 0.432 e. The number of hydrogen-bond acceptors (Lipinski definition) is 8. The molecule has 5 aromatic rings. The second kappa shape index (κ2) is 12.1. The maximum atomic E-state index is 11.5. The van der Waals surface area contributed by atoms with Gasteiger partial charge >= 0.3 is 6.09 Å². The van der Waals surface area contributed by atoms with Gasteiger partial charge in [-0.15, -0.1) is 11.6 Å². The van der Waals surface area contributed by atoms with Crippen LogP contribution < -0.4 is 20.1 Å². The summed E-state index contributed by atoms with van der Waals surface area (Å²) in [6.07, 6.45) is 2.55. The molecule has 0 saturated heterocycles. The van der Waals surface area contributed by atoms with Crippen LogP contribution in [-0.4, -0.2) is 57.1 Å². The summed E-state index contributed by atoms with van der Waals surface area (Å²) in [5.74, 6) is 2.47. The number of ether oxygens (including phenoxy) is 2. The Kier molecular flexibility index (Phi) is 8.16. The van der Waals surface area contributed by atoms with E-state index in [9.17, 15) is 9.90 Å². The maximum absolute atomic E-state index is 11.5. The number of nitrogens with one attached hydrogen (secondary N) is 2. The van der Waals surface area contributed by atoms with Gasteiger partial charge in [-0.25, -0.2) is 14.8 Å². The van der Waals surface area contributed by atoms with E-state index in [0.717, 1.165) is 35.3 Å². The molecule has 10 nitrogen and oxygen atoms in total. The Hall–Kier alpha value is -4.57. The predicted octanol–water partition coefficient (Wildman–Crippen LogP) is 6.75. The van der Waals surface area contributed by atoms with Crippen molar-refractivity contribution >= 4 is 56.7 Å². The molecule has 0 atom stereocenters. The average molecular weight is 561 g/mol. The fourth-order valence-corrected chi connectivity index (χ4v) is 4.44. The lowest BCUT2D eigenvalue weighted by molar-refractivity contribution is 0.194. The van der Waals surface area contributed by atoms with E-state index in [-0.39, 0.29) is 0 Å². The summed E-state index contributed by atoms with van der Waals surface area (Å²) >= 11 is 5.86. The van der Waals surface area contributed by atoms with Gasteiger partial charge in [0.25, 0.3) is 0 Å². The van der Waals surface area contributed by atoms with Gasteiger partial charge in [0.05, 0.1) is 30.2 Å². The van der Waals surface area contributed by atoms with Gasteiger partial charge in [-0.05, 0) is 42.8 Å². The normalized spacial score (nSPS) is 11.1. The Morgan fingerprint density at radius 3 is 2.73 bits per heavy atom. The number of alkyl halides is 1. The molecule has 206 valence electrons. The Balaban J connectivity index is 1.61. The highest BCUT2D eigenvalue weighted by Crippen LogP contribution is 2.37. The molecule has 40 heavy (non-hydrogen) atoms. The first-order valence-electron chi connectivity index (χ1n) is 12.9. The fraction of sp³-hybridized carbons (Fsp3) is 0.241. The zero-order valence-electron chi connectivity index (χ0n) is 22.1. The van der Waals surface area contributed by atoms with E-state index in [1.54, 1.807) is 19.2 Å². The highest BCUT2D eigenvalue weighted by Gasteiger charge is 2.16. The molecule has 2 heterocycles. The number of rotatable bonds is 11. The van der Waals surface area contributed by atoms with Crippen LogP contribution in [0.25, 0.3) is 33.2 Å². The molecule has 0 aliphatic heterocycles. The van der Waals surface area contributed by atoms with E-state index in [1.807, 2.05) is 42.5 Å². The standard InChI is InChI=1S/C29H29ClN6O4/c1-3-4-11-31-20-7-5-6-18(13-20)27-34-23-16-25(39-2)26(40-12-10-30)15-22(23)28(35-27)33-21-8-9-24-19(14-21)17-32-36(24)29(37)38/h5-9,13-17,31H,3-4,10-12H2,1-2H3,(H,37,38)(H,33,34,35). The first-order chi connectivity index (χ1) is 19.5. The molecule has 0 spiro atoms. The fourth-order valence-electron chi connectivity index (χ4n) is 4.36. The van der Waals surface area contributed by atoms with Crippen LogP contribution in [0.15, 0.2) is 60.8 Å². The minimum atomic E-state index is -1.15. The molecule has 11 heteroatoms. The summed E-state index contributed by atoms with van der Waals surface area (Å²) in [6.45, 7) is 3.35. The number of fused-ring (bicyclic) bond motifs is 2. The molecule has 2 aromatic heterocycles. The average Bonchev–Trinajstić information content (AvgIpc) is 3.39. The van der Waals surface area contributed by atoms with Crippen LogP contribution in [0.2, 0.25) is 0 Å². The van der Waals surface area contributed by atoms with Gasteiger partial charge in [-0.3, -0.25) is 0 Å². The van der Waals surface area contributed by atoms with E-state index in [0.29, 0.717) is 63.1 Å². The summed E-state index contributed by atoms with van der Waals surface area (Å²) in [5.41, 5.74) is 3.70. The van der Waals surface area contributed by atoms with Crippen molar-refractivity contribution in [3.8, 4) is 22.9 Å². The van der Waals surface area contributed by atoms with Crippen molar-refractivity contribution in [1.29, 1.82) is 0 Å². The molecule has 0 amide bonds. The molecule has 0 fully saturated rings. The van der Waals surface area contributed by atoms with Crippen LogP contribution in [0.5, 0.6) is 11.5 Å². The lowest BCUT2D eigenvalue weighted by Crippen LogP contribution is -2.08. The van der Waals surface area contributed by atoms with E-state index < -0.39 is 6.09 Å². The Labute approximate surface area is 235 Å².